The van der Waals surface area contributed by atoms with Crippen molar-refractivity contribution in [3.63, 3.8) is 0 Å². The smallest absolute Gasteiger partial charge is 0.328 e. The Labute approximate surface area is 148 Å². The van der Waals surface area contributed by atoms with Gasteiger partial charge in [0, 0.05) is 5.39 Å². The first kappa shape index (κ1) is 17.1. The molecule has 0 unspecified atom stereocenters. The van der Waals surface area contributed by atoms with E-state index in [0.717, 1.165) is 16.6 Å². The van der Waals surface area contributed by atoms with Crippen LogP contribution in [0.1, 0.15) is 27.9 Å². The molecule has 1 atom stereocenters. The molecule has 0 aliphatic carbocycles. The number of fused-ring (bicyclic) bond motifs is 1. The van der Waals surface area contributed by atoms with Crippen molar-refractivity contribution in [1.82, 2.24) is 15.3 Å². The predicted octanol–water partition coefficient (Wildman–Crippen LogP) is 2.86. The van der Waals surface area contributed by atoms with Crippen LogP contribution in [-0.2, 0) is 9.53 Å². The fourth-order valence-electron chi connectivity index (χ4n) is 2.57. The Kier molecular flexibility index (Phi) is 4.54. The first-order valence-corrected chi connectivity index (χ1v) is 8.44. The van der Waals surface area contributed by atoms with E-state index in [0.29, 0.717) is 21.3 Å². The van der Waals surface area contributed by atoms with E-state index in [2.05, 4.69) is 20.0 Å². The molecule has 3 aromatic heterocycles. The van der Waals surface area contributed by atoms with Gasteiger partial charge in [-0.25, -0.2) is 14.8 Å². The molecule has 0 fully saturated rings. The molecule has 1 amide bonds. The van der Waals surface area contributed by atoms with Gasteiger partial charge in [-0.1, -0.05) is 0 Å². The van der Waals surface area contributed by atoms with Crippen molar-refractivity contribution in [3.05, 3.63) is 34.5 Å². The molecule has 0 radical (unpaired) electrons. The molecule has 0 aromatic carbocycles. The summed E-state index contributed by atoms with van der Waals surface area (Å²) < 4.78 is 9.98. The van der Waals surface area contributed by atoms with Crippen LogP contribution in [0.2, 0.25) is 0 Å². The van der Waals surface area contributed by atoms with Crippen molar-refractivity contribution in [2.45, 2.75) is 26.8 Å². The van der Waals surface area contributed by atoms with Crippen LogP contribution < -0.4 is 5.32 Å². The molecule has 1 N–H and O–H groups in total. The lowest BCUT2D eigenvalue weighted by atomic mass is 10.1. The van der Waals surface area contributed by atoms with Crippen LogP contribution in [0, 0.1) is 13.8 Å². The average molecular weight is 359 g/mol. The zero-order chi connectivity index (χ0) is 18.1. The second-order valence-corrected chi connectivity index (χ2v) is 6.56. The highest BCUT2D eigenvalue weighted by Crippen LogP contribution is 2.33. The van der Waals surface area contributed by atoms with Crippen LogP contribution in [0.25, 0.3) is 21.8 Å². The third-order valence-electron chi connectivity index (χ3n) is 3.82. The van der Waals surface area contributed by atoms with Gasteiger partial charge in [0.05, 0.1) is 23.9 Å². The average Bonchev–Trinajstić information content (AvgIpc) is 3.22. The van der Waals surface area contributed by atoms with E-state index >= 15 is 0 Å². The lowest BCUT2D eigenvalue weighted by Crippen LogP contribution is -2.39. The summed E-state index contributed by atoms with van der Waals surface area (Å²) in [6, 6.07) is 2.82. The van der Waals surface area contributed by atoms with Gasteiger partial charge in [-0.2, -0.15) is 0 Å². The zero-order valence-corrected chi connectivity index (χ0v) is 15.1. The number of aryl methyl sites for hydroxylation is 2. The molecule has 0 bridgehead atoms. The fourth-order valence-corrected chi connectivity index (χ4v) is 3.70. The van der Waals surface area contributed by atoms with E-state index in [1.807, 2.05) is 13.8 Å². The molecule has 3 aromatic rings. The highest BCUT2D eigenvalue weighted by Gasteiger charge is 2.23. The Balaban J connectivity index is 2.00. The van der Waals surface area contributed by atoms with E-state index in [1.165, 1.54) is 18.4 Å². The number of nitrogens with one attached hydrogen (secondary N) is 1. The quantitative estimate of drug-likeness (QED) is 0.720. The molecule has 3 rings (SSSR count). The van der Waals surface area contributed by atoms with Gasteiger partial charge in [0.15, 0.2) is 11.6 Å². The third-order valence-corrected chi connectivity index (χ3v) is 5.01. The summed E-state index contributed by atoms with van der Waals surface area (Å²) >= 11 is 1.26. The number of carbonyl (C=O) groups excluding carboxylic acids is 2. The lowest BCUT2D eigenvalue weighted by molar-refractivity contribution is -0.142. The second kappa shape index (κ2) is 6.64. The molecule has 0 spiro atoms. The number of thiophene rings is 1. The minimum atomic E-state index is -0.729. The molecule has 3 heterocycles. The highest BCUT2D eigenvalue weighted by molar-refractivity contribution is 7.20. The number of carbonyl (C=O) groups is 2. The number of ether oxygens (including phenoxy) is 1. The molecular weight excluding hydrogens is 342 g/mol. The van der Waals surface area contributed by atoms with Crippen LogP contribution in [0.5, 0.6) is 0 Å². The molecule has 25 heavy (non-hydrogen) atoms. The summed E-state index contributed by atoms with van der Waals surface area (Å²) in [6.45, 7) is 5.29. The van der Waals surface area contributed by atoms with Crippen LogP contribution in [-0.4, -0.2) is 35.0 Å². The Morgan fingerprint density at radius 1 is 1.32 bits per heavy atom. The van der Waals surface area contributed by atoms with Crippen LogP contribution in [0.15, 0.2) is 22.8 Å². The maximum Gasteiger partial charge on any atom is 0.328 e. The second-order valence-electron chi connectivity index (χ2n) is 5.56. The predicted molar refractivity (Wildman–Crippen MR) is 93.5 cm³/mol. The SMILES string of the molecule is COC(=O)[C@H](C)NC(=O)c1sc2nc(-c3ccco3)nc(C)c2c1C. The normalized spacial score (nSPS) is 12.2. The molecule has 7 nitrogen and oxygen atoms in total. The van der Waals surface area contributed by atoms with E-state index in [9.17, 15) is 9.59 Å². The van der Waals surface area contributed by atoms with Gasteiger partial charge < -0.3 is 14.5 Å². The van der Waals surface area contributed by atoms with Crippen LogP contribution in [0.3, 0.4) is 0 Å². The number of hydrogen-bond acceptors (Lipinski definition) is 7. The number of esters is 1. The number of rotatable bonds is 4. The standard InChI is InChI=1S/C17H17N3O4S/c1-8-12-9(2)18-14(11-6-5-7-24-11)20-16(12)25-13(8)15(21)19-10(3)17(22)23-4/h5-7,10H,1-4H3,(H,19,21)/t10-/m0/s1. The zero-order valence-electron chi connectivity index (χ0n) is 14.2. The molecule has 8 heteroatoms. The van der Waals surface area contributed by atoms with Crippen LogP contribution >= 0.6 is 11.3 Å². The molecule has 0 aliphatic heterocycles. The van der Waals surface area contributed by atoms with Gasteiger partial charge in [-0.3, -0.25) is 4.79 Å². The van der Waals surface area contributed by atoms with Crippen molar-refractivity contribution in [2.24, 2.45) is 0 Å². The summed E-state index contributed by atoms with van der Waals surface area (Å²) in [5.74, 6) is 0.216. The van der Waals surface area contributed by atoms with Crippen molar-refractivity contribution in [1.29, 1.82) is 0 Å². The maximum atomic E-state index is 12.5. The lowest BCUT2D eigenvalue weighted by Gasteiger charge is -2.10. The topological polar surface area (TPSA) is 94.3 Å². The number of methoxy groups -OCH3 is 1. The minimum Gasteiger partial charge on any atom is -0.467 e. The van der Waals surface area contributed by atoms with E-state index in [1.54, 1.807) is 25.3 Å². The van der Waals surface area contributed by atoms with Gasteiger partial charge in [-0.15, -0.1) is 11.3 Å². The Morgan fingerprint density at radius 3 is 2.72 bits per heavy atom. The Hall–Kier alpha value is -2.74. The summed E-state index contributed by atoms with van der Waals surface area (Å²) in [7, 11) is 1.28. The minimum absolute atomic E-state index is 0.336. The molecule has 0 saturated heterocycles. The van der Waals surface area contributed by atoms with Crippen molar-refractivity contribution in [3.8, 4) is 11.6 Å². The highest BCUT2D eigenvalue weighted by atomic mass is 32.1. The summed E-state index contributed by atoms with van der Waals surface area (Å²) in [5, 5.41) is 3.48. The number of aromatic nitrogens is 2. The third kappa shape index (κ3) is 3.12. The molecule has 130 valence electrons. The van der Waals surface area contributed by atoms with E-state index in [4.69, 9.17) is 4.42 Å². The fraction of sp³-hybridized carbons (Fsp3) is 0.294. The molecular formula is C17H17N3O4S. The van der Waals surface area contributed by atoms with Crippen molar-refractivity contribution >= 4 is 33.4 Å². The van der Waals surface area contributed by atoms with Gasteiger partial charge in [0.2, 0.25) is 0 Å². The van der Waals surface area contributed by atoms with Gasteiger partial charge >= 0.3 is 5.97 Å². The van der Waals surface area contributed by atoms with E-state index < -0.39 is 12.0 Å². The van der Waals surface area contributed by atoms with Crippen LogP contribution in [0.4, 0.5) is 0 Å². The maximum absolute atomic E-state index is 12.5. The Morgan fingerprint density at radius 2 is 2.08 bits per heavy atom. The number of amides is 1. The molecule has 0 aliphatic rings. The van der Waals surface area contributed by atoms with Gasteiger partial charge in [-0.05, 0) is 38.5 Å². The Bertz CT molecular complexity index is 947. The van der Waals surface area contributed by atoms with Gasteiger partial charge in [0.25, 0.3) is 5.91 Å². The molecule has 0 saturated carbocycles. The first-order chi connectivity index (χ1) is 11.9. The number of hydrogen-bond donors (Lipinski definition) is 1. The summed E-state index contributed by atoms with van der Waals surface area (Å²) in [4.78, 5) is 34.2. The van der Waals surface area contributed by atoms with Crippen molar-refractivity contribution in [2.75, 3.05) is 7.11 Å². The first-order valence-electron chi connectivity index (χ1n) is 7.62. The van der Waals surface area contributed by atoms with Crippen molar-refractivity contribution < 1.29 is 18.7 Å². The van der Waals surface area contributed by atoms with E-state index in [-0.39, 0.29) is 5.91 Å². The summed E-state index contributed by atoms with van der Waals surface area (Å²) in [6.07, 6.45) is 1.56. The largest absolute Gasteiger partial charge is 0.467 e. The number of furan rings is 1. The van der Waals surface area contributed by atoms with Gasteiger partial charge in [0.1, 0.15) is 10.9 Å². The summed E-state index contributed by atoms with van der Waals surface area (Å²) in [5.41, 5.74) is 1.56. The monoisotopic (exact) mass is 359 g/mol. The number of nitrogens with zero attached hydrogens (tertiary/aromatic N) is 2.